The molecule has 2 aliphatic heterocycles. The highest BCUT2D eigenvalue weighted by atomic mass is 16.7. The number of benzene rings is 6. The van der Waals surface area contributed by atoms with Gasteiger partial charge in [-0.3, -0.25) is 0 Å². The van der Waals surface area contributed by atoms with Gasteiger partial charge >= 0.3 is 7.12 Å². The monoisotopic (exact) mass is 558 g/mol. The van der Waals surface area contributed by atoms with Gasteiger partial charge in [-0.2, -0.15) is 0 Å². The molecule has 1 spiro atoms. The van der Waals surface area contributed by atoms with Crippen LogP contribution >= 0.6 is 0 Å². The molecule has 6 aromatic carbocycles. The lowest BCUT2D eigenvalue weighted by molar-refractivity contribution is 0.00578. The highest BCUT2D eigenvalue weighted by Crippen LogP contribution is 2.63. The van der Waals surface area contributed by atoms with Gasteiger partial charge in [0.25, 0.3) is 0 Å². The van der Waals surface area contributed by atoms with Gasteiger partial charge in [0, 0.05) is 21.9 Å². The molecule has 0 unspecified atom stereocenters. The molecule has 43 heavy (non-hydrogen) atoms. The van der Waals surface area contributed by atoms with E-state index >= 15 is 0 Å². The predicted molar refractivity (Wildman–Crippen MR) is 175 cm³/mol. The molecule has 0 aromatic heterocycles. The van der Waals surface area contributed by atoms with E-state index in [2.05, 4.69) is 143 Å². The van der Waals surface area contributed by atoms with Crippen molar-refractivity contribution >= 4 is 34.1 Å². The Bertz CT molecular complexity index is 2040. The zero-order valence-electron chi connectivity index (χ0n) is 24.8. The topological polar surface area (TPSA) is 27.7 Å². The Morgan fingerprint density at radius 3 is 1.65 bits per heavy atom. The average Bonchev–Trinajstić information content (AvgIpc) is 3.43. The van der Waals surface area contributed by atoms with Crippen LogP contribution < -0.4 is 10.2 Å². The normalized spacial score (nSPS) is 18.3. The van der Waals surface area contributed by atoms with E-state index in [-0.39, 0.29) is 0 Å². The maximum absolute atomic E-state index is 7.06. The SMILES string of the molecule is CC1(C)OB(c2ccc3c(c2)C2(c4ccccc4-3)c3ccc4ccccc4c3Oc3c2ccc2ccccc32)OC1(C)C. The van der Waals surface area contributed by atoms with Crippen LogP contribution in [0.2, 0.25) is 0 Å². The Morgan fingerprint density at radius 1 is 0.488 bits per heavy atom. The van der Waals surface area contributed by atoms with Gasteiger partial charge in [-0.1, -0.05) is 115 Å². The van der Waals surface area contributed by atoms with Crippen LogP contribution in [0.25, 0.3) is 32.7 Å². The van der Waals surface area contributed by atoms with Crippen LogP contribution in [0.5, 0.6) is 11.5 Å². The van der Waals surface area contributed by atoms with Crippen LogP contribution in [0, 0.1) is 0 Å². The Labute approximate surface area is 252 Å². The molecule has 1 saturated heterocycles. The van der Waals surface area contributed by atoms with E-state index in [4.69, 9.17) is 14.0 Å². The van der Waals surface area contributed by atoms with Crippen molar-refractivity contribution < 1.29 is 14.0 Å². The molecule has 0 atom stereocenters. The standard InChI is InChI=1S/C39H31BO3/c1-37(2)38(3,4)43-40(42-37)26-19-20-30-29-15-9-10-16-31(29)39(34(30)23-26)32-21-17-24-11-5-7-13-27(24)35(32)41-36-28-14-8-6-12-25(28)18-22-33(36)39/h5-23H,1-4H3. The van der Waals surface area contributed by atoms with Gasteiger partial charge in [-0.15, -0.1) is 0 Å². The van der Waals surface area contributed by atoms with Crippen LogP contribution in [0.15, 0.2) is 115 Å². The van der Waals surface area contributed by atoms with Crippen LogP contribution in [0.4, 0.5) is 0 Å². The molecule has 0 saturated carbocycles. The summed E-state index contributed by atoms with van der Waals surface area (Å²) in [6, 6.07) is 41.8. The number of rotatable bonds is 1. The zero-order valence-corrected chi connectivity index (χ0v) is 24.8. The summed E-state index contributed by atoms with van der Waals surface area (Å²) in [5, 5.41) is 4.56. The first-order valence-electron chi connectivity index (χ1n) is 15.1. The van der Waals surface area contributed by atoms with E-state index in [1.807, 2.05) is 0 Å². The van der Waals surface area contributed by atoms with Gasteiger partial charge in [0.15, 0.2) is 0 Å². The van der Waals surface area contributed by atoms with E-state index in [1.54, 1.807) is 0 Å². The first-order valence-corrected chi connectivity index (χ1v) is 15.1. The third kappa shape index (κ3) is 3.18. The van der Waals surface area contributed by atoms with E-state index in [0.717, 1.165) is 49.6 Å². The first-order chi connectivity index (χ1) is 20.8. The second kappa shape index (κ2) is 8.38. The molecule has 6 aromatic rings. The smallest absolute Gasteiger partial charge is 0.455 e. The minimum Gasteiger partial charge on any atom is -0.455 e. The summed E-state index contributed by atoms with van der Waals surface area (Å²) in [5.41, 5.74) is 6.90. The van der Waals surface area contributed by atoms with Gasteiger partial charge < -0.3 is 14.0 Å². The van der Waals surface area contributed by atoms with E-state index < -0.39 is 23.7 Å². The summed E-state index contributed by atoms with van der Waals surface area (Å²) in [6.45, 7) is 8.44. The molecular weight excluding hydrogens is 527 g/mol. The lowest BCUT2D eigenvalue weighted by atomic mass is 9.64. The quantitative estimate of drug-likeness (QED) is 0.189. The molecule has 1 fully saturated rings. The fourth-order valence-corrected chi connectivity index (χ4v) is 7.55. The molecular formula is C39H31BO3. The maximum atomic E-state index is 7.06. The van der Waals surface area contributed by atoms with Crippen molar-refractivity contribution in [2.45, 2.75) is 44.3 Å². The second-order valence-electron chi connectivity index (χ2n) is 13.1. The molecule has 1 aliphatic carbocycles. The molecule has 3 nitrogen and oxygen atoms in total. The van der Waals surface area contributed by atoms with Crippen molar-refractivity contribution in [3.63, 3.8) is 0 Å². The van der Waals surface area contributed by atoms with Crippen LogP contribution in [0.1, 0.15) is 49.9 Å². The summed E-state index contributed by atoms with van der Waals surface area (Å²) in [6.07, 6.45) is 0. The fourth-order valence-electron chi connectivity index (χ4n) is 7.55. The Kier molecular flexibility index (Phi) is 4.90. The van der Waals surface area contributed by atoms with Crippen LogP contribution in [-0.2, 0) is 14.7 Å². The van der Waals surface area contributed by atoms with Crippen LogP contribution in [-0.4, -0.2) is 18.3 Å². The van der Waals surface area contributed by atoms with Gasteiger partial charge in [0.1, 0.15) is 11.5 Å². The average molecular weight is 558 g/mol. The van der Waals surface area contributed by atoms with Gasteiger partial charge in [-0.05, 0) is 66.2 Å². The van der Waals surface area contributed by atoms with E-state index in [0.29, 0.717) is 0 Å². The molecule has 2 heterocycles. The Balaban J connectivity index is 1.41. The van der Waals surface area contributed by atoms with Crippen LogP contribution in [0.3, 0.4) is 0 Å². The summed E-state index contributed by atoms with van der Waals surface area (Å²) in [7, 11) is -0.456. The minimum absolute atomic E-state index is 0.424. The predicted octanol–water partition coefficient (Wildman–Crippen LogP) is 8.76. The molecule has 208 valence electrons. The van der Waals surface area contributed by atoms with Gasteiger partial charge in [0.2, 0.25) is 0 Å². The highest BCUT2D eigenvalue weighted by molar-refractivity contribution is 6.62. The third-order valence-electron chi connectivity index (χ3n) is 10.4. The van der Waals surface area contributed by atoms with Crippen molar-refractivity contribution in [1.82, 2.24) is 0 Å². The summed E-state index contributed by atoms with van der Waals surface area (Å²) >= 11 is 0. The molecule has 0 radical (unpaired) electrons. The van der Waals surface area contributed by atoms with Crippen molar-refractivity contribution in [3.05, 3.63) is 138 Å². The summed E-state index contributed by atoms with van der Waals surface area (Å²) in [4.78, 5) is 0. The van der Waals surface area contributed by atoms with E-state index in [1.165, 1.54) is 22.3 Å². The lowest BCUT2D eigenvalue weighted by Gasteiger charge is -2.40. The Morgan fingerprint density at radius 2 is 1.02 bits per heavy atom. The lowest BCUT2D eigenvalue weighted by Crippen LogP contribution is -2.41. The number of fused-ring (bicyclic) bond motifs is 13. The number of hydrogen-bond acceptors (Lipinski definition) is 3. The van der Waals surface area contributed by atoms with Crippen molar-refractivity contribution in [1.29, 1.82) is 0 Å². The number of hydrogen-bond donors (Lipinski definition) is 0. The fraction of sp³-hybridized carbons (Fsp3) is 0.179. The van der Waals surface area contributed by atoms with Crippen molar-refractivity contribution in [3.8, 4) is 22.6 Å². The molecule has 4 heteroatoms. The maximum Gasteiger partial charge on any atom is 0.494 e. The highest BCUT2D eigenvalue weighted by Gasteiger charge is 2.54. The van der Waals surface area contributed by atoms with Crippen molar-refractivity contribution in [2.75, 3.05) is 0 Å². The molecule has 9 rings (SSSR count). The molecule has 0 N–H and O–H groups in total. The molecule has 0 amide bonds. The van der Waals surface area contributed by atoms with Gasteiger partial charge in [0.05, 0.1) is 16.6 Å². The molecule has 0 bridgehead atoms. The Hall–Kier alpha value is -4.38. The zero-order chi connectivity index (χ0) is 29.1. The van der Waals surface area contributed by atoms with Crippen molar-refractivity contribution in [2.24, 2.45) is 0 Å². The summed E-state index contributed by atoms with van der Waals surface area (Å²) in [5.74, 6) is 1.84. The largest absolute Gasteiger partial charge is 0.494 e. The second-order valence-corrected chi connectivity index (χ2v) is 13.1. The summed E-state index contributed by atoms with van der Waals surface area (Å²) < 4.78 is 20.2. The van der Waals surface area contributed by atoms with Gasteiger partial charge in [-0.25, -0.2) is 0 Å². The minimum atomic E-state index is -0.581. The van der Waals surface area contributed by atoms with E-state index in [9.17, 15) is 0 Å². The number of ether oxygens (including phenoxy) is 1. The third-order valence-corrected chi connectivity index (χ3v) is 10.4. The molecule has 3 aliphatic rings. The first kappa shape index (κ1) is 25.2.